The summed E-state index contributed by atoms with van der Waals surface area (Å²) in [4.78, 5) is 16.6. The van der Waals surface area contributed by atoms with Crippen molar-refractivity contribution < 1.29 is 19.0 Å². The van der Waals surface area contributed by atoms with Crippen LogP contribution in [0.3, 0.4) is 0 Å². The summed E-state index contributed by atoms with van der Waals surface area (Å²) >= 11 is 9.83. The van der Waals surface area contributed by atoms with Gasteiger partial charge in [0.25, 0.3) is 0 Å². The number of aliphatic imine (C=N–C) groups is 1. The summed E-state index contributed by atoms with van der Waals surface area (Å²) in [5.41, 5.74) is 2.53. The largest absolute Gasteiger partial charge is 0.493 e. The van der Waals surface area contributed by atoms with Crippen LogP contribution in [0.25, 0.3) is 6.08 Å². The van der Waals surface area contributed by atoms with Gasteiger partial charge >= 0.3 is 5.97 Å². The maximum Gasteiger partial charge on any atom is 0.363 e. The van der Waals surface area contributed by atoms with Crippen LogP contribution in [0, 0.1) is 0 Å². The number of benzene rings is 3. The van der Waals surface area contributed by atoms with E-state index >= 15 is 0 Å². The summed E-state index contributed by atoms with van der Waals surface area (Å²) in [7, 11) is 1.53. The maximum absolute atomic E-state index is 12.3. The first-order chi connectivity index (χ1) is 15.0. The Morgan fingerprint density at radius 1 is 1.10 bits per heavy atom. The molecule has 0 saturated carbocycles. The quantitative estimate of drug-likeness (QED) is 0.307. The van der Waals surface area contributed by atoms with E-state index in [0.717, 1.165) is 10.0 Å². The molecule has 5 nitrogen and oxygen atoms in total. The number of esters is 1. The first-order valence-corrected chi connectivity index (χ1v) is 10.5. The van der Waals surface area contributed by atoms with Crippen molar-refractivity contribution in [2.45, 2.75) is 6.61 Å². The Balaban J connectivity index is 1.59. The van der Waals surface area contributed by atoms with E-state index in [-0.39, 0.29) is 11.6 Å². The molecule has 0 unspecified atom stereocenters. The number of ether oxygens (including phenoxy) is 3. The maximum atomic E-state index is 12.3. The van der Waals surface area contributed by atoms with Crippen LogP contribution < -0.4 is 9.47 Å². The summed E-state index contributed by atoms with van der Waals surface area (Å²) < 4.78 is 17.6. The molecular formula is C24H17BrClNO4. The van der Waals surface area contributed by atoms with Crippen LogP contribution >= 0.6 is 27.5 Å². The molecule has 0 fully saturated rings. The molecule has 0 spiro atoms. The Labute approximate surface area is 193 Å². The predicted molar refractivity (Wildman–Crippen MR) is 124 cm³/mol. The van der Waals surface area contributed by atoms with Gasteiger partial charge in [0.2, 0.25) is 5.90 Å². The lowest BCUT2D eigenvalue weighted by molar-refractivity contribution is -0.129. The highest BCUT2D eigenvalue weighted by atomic mass is 79.9. The van der Waals surface area contributed by atoms with Crippen molar-refractivity contribution in [3.8, 4) is 11.5 Å². The summed E-state index contributed by atoms with van der Waals surface area (Å²) in [5.74, 6) is 0.615. The first-order valence-electron chi connectivity index (χ1n) is 9.36. The number of carbonyl (C=O) groups is 1. The molecule has 7 heteroatoms. The third-order valence-electron chi connectivity index (χ3n) is 4.49. The third-order valence-corrected chi connectivity index (χ3v) is 5.30. The van der Waals surface area contributed by atoms with Crippen LogP contribution in [0.2, 0.25) is 5.02 Å². The number of methoxy groups -OCH3 is 1. The van der Waals surface area contributed by atoms with Gasteiger partial charge in [-0.1, -0.05) is 57.9 Å². The van der Waals surface area contributed by atoms with Gasteiger partial charge in [-0.25, -0.2) is 9.79 Å². The van der Waals surface area contributed by atoms with E-state index < -0.39 is 5.97 Å². The molecule has 0 saturated heterocycles. The minimum atomic E-state index is -0.530. The zero-order chi connectivity index (χ0) is 21.8. The molecule has 0 radical (unpaired) electrons. The standard InChI is InChI=1S/C24H17BrClNO4/c1-29-21-13-16(11-19(26)22(21)30-14-15-5-3-2-4-6-15)12-20-24(28)31-23(27-20)17-7-9-18(25)10-8-17/h2-13H,14H2,1H3/b20-12-. The third kappa shape index (κ3) is 4.98. The van der Waals surface area contributed by atoms with Crippen LogP contribution in [0.1, 0.15) is 16.7 Å². The van der Waals surface area contributed by atoms with E-state index in [1.54, 1.807) is 18.2 Å². The molecule has 0 N–H and O–H groups in total. The molecule has 156 valence electrons. The van der Waals surface area contributed by atoms with Gasteiger partial charge in [-0.3, -0.25) is 0 Å². The van der Waals surface area contributed by atoms with Crippen molar-refractivity contribution in [1.29, 1.82) is 0 Å². The summed E-state index contributed by atoms with van der Waals surface area (Å²) in [6, 6.07) is 20.5. The van der Waals surface area contributed by atoms with Gasteiger partial charge < -0.3 is 14.2 Å². The number of halogens is 2. The number of carbonyl (C=O) groups excluding carboxylic acids is 1. The molecule has 0 atom stereocenters. The lowest BCUT2D eigenvalue weighted by Gasteiger charge is -2.13. The molecule has 1 aliphatic heterocycles. The molecular weight excluding hydrogens is 482 g/mol. The fourth-order valence-electron chi connectivity index (χ4n) is 2.98. The monoisotopic (exact) mass is 497 g/mol. The highest BCUT2D eigenvalue weighted by Gasteiger charge is 2.24. The van der Waals surface area contributed by atoms with E-state index in [9.17, 15) is 4.79 Å². The fourth-order valence-corrected chi connectivity index (χ4v) is 3.51. The molecule has 3 aromatic rings. The molecule has 0 bridgehead atoms. The average molecular weight is 499 g/mol. The smallest absolute Gasteiger partial charge is 0.363 e. The minimum Gasteiger partial charge on any atom is -0.493 e. The molecule has 0 amide bonds. The lowest BCUT2D eigenvalue weighted by Crippen LogP contribution is -2.05. The number of hydrogen-bond acceptors (Lipinski definition) is 5. The second-order valence-corrected chi connectivity index (χ2v) is 7.97. The summed E-state index contributed by atoms with van der Waals surface area (Å²) in [6.07, 6.45) is 1.60. The van der Waals surface area contributed by atoms with Crippen molar-refractivity contribution >= 4 is 45.5 Å². The van der Waals surface area contributed by atoms with Gasteiger partial charge in [0.1, 0.15) is 6.61 Å². The molecule has 4 rings (SSSR count). The van der Waals surface area contributed by atoms with Gasteiger partial charge in [0, 0.05) is 10.0 Å². The second-order valence-electron chi connectivity index (χ2n) is 6.65. The van der Waals surface area contributed by atoms with Crippen LogP contribution in [0.4, 0.5) is 0 Å². The topological polar surface area (TPSA) is 57.1 Å². The second kappa shape index (κ2) is 9.37. The van der Waals surface area contributed by atoms with Gasteiger partial charge in [-0.15, -0.1) is 0 Å². The highest BCUT2D eigenvalue weighted by molar-refractivity contribution is 9.10. The number of hydrogen-bond donors (Lipinski definition) is 0. The van der Waals surface area contributed by atoms with Gasteiger partial charge in [-0.05, 0) is 53.6 Å². The first kappa shape index (κ1) is 21.2. The van der Waals surface area contributed by atoms with E-state index in [1.165, 1.54) is 7.11 Å². The average Bonchev–Trinajstić information content (AvgIpc) is 3.14. The molecule has 3 aromatic carbocycles. The molecule has 1 heterocycles. The Kier molecular flexibility index (Phi) is 6.39. The Morgan fingerprint density at radius 2 is 1.84 bits per heavy atom. The van der Waals surface area contributed by atoms with Crippen LogP contribution in [-0.2, 0) is 16.1 Å². The Hall–Kier alpha value is -3.09. The van der Waals surface area contributed by atoms with Crippen LogP contribution in [0.5, 0.6) is 11.5 Å². The zero-order valence-corrected chi connectivity index (χ0v) is 18.8. The molecule has 0 aromatic heterocycles. The van der Waals surface area contributed by atoms with Gasteiger partial charge in [0.05, 0.1) is 12.1 Å². The summed E-state index contributed by atoms with van der Waals surface area (Å²) in [5, 5.41) is 0.366. The van der Waals surface area contributed by atoms with Crippen molar-refractivity contribution in [1.82, 2.24) is 0 Å². The Morgan fingerprint density at radius 3 is 2.55 bits per heavy atom. The predicted octanol–water partition coefficient (Wildman–Crippen LogP) is 6.03. The normalized spacial score (nSPS) is 14.4. The van der Waals surface area contributed by atoms with Gasteiger partial charge in [-0.2, -0.15) is 0 Å². The van der Waals surface area contributed by atoms with Crippen LogP contribution in [0.15, 0.2) is 81.9 Å². The van der Waals surface area contributed by atoms with Crippen molar-refractivity contribution in [3.63, 3.8) is 0 Å². The molecule has 1 aliphatic rings. The highest BCUT2D eigenvalue weighted by Crippen LogP contribution is 2.38. The molecule has 31 heavy (non-hydrogen) atoms. The fraction of sp³-hybridized carbons (Fsp3) is 0.0833. The summed E-state index contributed by atoms with van der Waals surface area (Å²) in [6.45, 7) is 0.352. The van der Waals surface area contributed by atoms with Gasteiger partial charge in [0.15, 0.2) is 17.2 Å². The zero-order valence-electron chi connectivity index (χ0n) is 16.5. The van der Waals surface area contributed by atoms with E-state index in [4.69, 9.17) is 25.8 Å². The minimum absolute atomic E-state index is 0.175. The van der Waals surface area contributed by atoms with Crippen LogP contribution in [-0.4, -0.2) is 19.0 Å². The molecule has 0 aliphatic carbocycles. The number of nitrogens with zero attached hydrogens (tertiary/aromatic N) is 1. The van der Waals surface area contributed by atoms with E-state index in [0.29, 0.717) is 34.3 Å². The lowest BCUT2D eigenvalue weighted by atomic mass is 10.1. The van der Waals surface area contributed by atoms with Crippen molar-refractivity contribution in [2.24, 2.45) is 4.99 Å². The Bertz CT molecular complexity index is 1170. The van der Waals surface area contributed by atoms with Crippen molar-refractivity contribution in [3.05, 3.63) is 98.6 Å². The van der Waals surface area contributed by atoms with E-state index in [2.05, 4.69) is 20.9 Å². The van der Waals surface area contributed by atoms with E-state index in [1.807, 2.05) is 54.6 Å². The number of cyclic esters (lactones) is 1. The van der Waals surface area contributed by atoms with Crippen molar-refractivity contribution in [2.75, 3.05) is 7.11 Å². The number of rotatable bonds is 6. The SMILES string of the molecule is COc1cc(/C=C2\N=C(c3ccc(Br)cc3)OC2=O)cc(Cl)c1OCc1ccccc1.